The third-order valence-corrected chi connectivity index (χ3v) is 3.63. The Hall–Kier alpha value is -1.55. The summed E-state index contributed by atoms with van der Waals surface area (Å²) in [6.45, 7) is 6.69. The molecule has 110 valence electrons. The van der Waals surface area contributed by atoms with Crippen molar-refractivity contribution in [2.75, 3.05) is 6.61 Å². The molecule has 1 aliphatic rings. The highest BCUT2D eigenvalue weighted by Gasteiger charge is 2.32. The van der Waals surface area contributed by atoms with Gasteiger partial charge < -0.3 is 14.7 Å². The van der Waals surface area contributed by atoms with Gasteiger partial charge in [0, 0.05) is 5.56 Å². The van der Waals surface area contributed by atoms with Gasteiger partial charge in [-0.05, 0) is 45.2 Å². The minimum atomic E-state index is -0.0469. The molecule has 1 saturated heterocycles. The lowest BCUT2D eigenvalue weighted by molar-refractivity contribution is -0.0326. The molecule has 0 saturated carbocycles. The number of rotatable bonds is 5. The van der Waals surface area contributed by atoms with Crippen molar-refractivity contribution in [3.05, 3.63) is 29.8 Å². The quantitative estimate of drug-likeness (QED) is 0.508. The summed E-state index contributed by atoms with van der Waals surface area (Å²) in [4.78, 5) is 0. The number of nitrogens with zero attached hydrogens (tertiary/aromatic N) is 1. The van der Waals surface area contributed by atoms with Crippen molar-refractivity contribution in [1.82, 2.24) is 0 Å². The average Bonchev–Trinajstić information content (AvgIpc) is 2.78. The predicted octanol–water partition coefficient (Wildman–Crippen LogP) is 3.61. The zero-order valence-electron chi connectivity index (χ0n) is 12.4. The van der Waals surface area contributed by atoms with E-state index in [1.54, 1.807) is 0 Å². The Morgan fingerprint density at radius 2 is 2.20 bits per heavy atom. The predicted molar refractivity (Wildman–Crippen MR) is 78.7 cm³/mol. The monoisotopic (exact) mass is 277 g/mol. The van der Waals surface area contributed by atoms with Gasteiger partial charge in [0.2, 0.25) is 0 Å². The standard InChI is InChI=1S/C16H23NO3/c1-4-14(17-18)13-7-5-6-8-15(13)19-11-12-9-10-16(2,3)20-12/h5-8,12,18H,4,9-11H2,1-3H3/b17-14-. The van der Waals surface area contributed by atoms with Crippen LogP contribution in [0.1, 0.15) is 45.6 Å². The number of oxime groups is 1. The molecule has 2 rings (SSSR count). The van der Waals surface area contributed by atoms with Crippen molar-refractivity contribution >= 4 is 5.71 Å². The second kappa shape index (κ2) is 6.27. The van der Waals surface area contributed by atoms with E-state index >= 15 is 0 Å². The zero-order chi connectivity index (χ0) is 14.6. The molecule has 0 amide bonds. The number of para-hydroxylation sites is 1. The Morgan fingerprint density at radius 1 is 1.45 bits per heavy atom. The fraction of sp³-hybridized carbons (Fsp3) is 0.562. The summed E-state index contributed by atoms with van der Waals surface area (Å²) in [6, 6.07) is 7.64. The molecule has 1 heterocycles. The van der Waals surface area contributed by atoms with E-state index in [4.69, 9.17) is 14.7 Å². The maximum Gasteiger partial charge on any atom is 0.128 e. The van der Waals surface area contributed by atoms with Crippen LogP contribution in [0.5, 0.6) is 5.75 Å². The van der Waals surface area contributed by atoms with Gasteiger partial charge in [-0.15, -0.1) is 0 Å². The zero-order valence-corrected chi connectivity index (χ0v) is 12.4. The van der Waals surface area contributed by atoms with Crippen molar-refractivity contribution in [3.8, 4) is 5.75 Å². The Morgan fingerprint density at radius 3 is 2.80 bits per heavy atom. The molecule has 1 aromatic carbocycles. The van der Waals surface area contributed by atoms with Crippen LogP contribution in [-0.4, -0.2) is 29.2 Å². The Labute approximate surface area is 120 Å². The number of hydrogen-bond acceptors (Lipinski definition) is 4. The summed E-state index contributed by atoms with van der Waals surface area (Å²) < 4.78 is 11.8. The summed E-state index contributed by atoms with van der Waals surface area (Å²) in [5.41, 5.74) is 1.43. The molecule has 1 fully saturated rings. The van der Waals surface area contributed by atoms with E-state index in [0.29, 0.717) is 18.7 Å². The van der Waals surface area contributed by atoms with Crippen molar-refractivity contribution in [1.29, 1.82) is 0 Å². The molecule has 1 atom stereocenters. The number of benzene rings is 1. The topological polar surface area (TPSA) is 51.1 Å². The largest absolute Gasteiger partial charge is 0.490 e. The first-order valence-electron chi connectivity index (χ1n) is 7.16. The third-order valence-electron chi connectivity index (χ3n) is 3.63. The molecular formula is C16H23NO3. The van der Waals surface area contributed by atoms with Crippen molar-refractivity contribution in [3.63, 3.8) is 0 Å². The lowest BCUT2D eigenvalue weighted by Crippen LogP contribution is -2.24. The number of ether oxygens (including phenoxy) is 2. The van der Waals surface area contributed by atoms with Gasteiger partial charge in [0.1, 0.15) is 12.4 Å². The van der Waals surface area contributed by atoms with E-state index in [9.17, 15) is 0 Å². The molecule has 0 aromatic heterocycles. The van der Waals surface area contributed by atoms with Crippen molar-refractivity contribution in [2.24, 2.45) is 5.16 Å². The second-order valence-corrected chi connectivity index (χ2v) is 5.75. The first-order valence-corrected chi connectivity index (χ1v) is 7.16. The molecule has 0 spiro atoms. The van der Waals surface area contributed by atoms with E-state index in [2.05, 4.69) is 19.0 Å². The highest BCUT2D eigenvalue weighted by molar-refractivity contribution is 6.02. The van der Waals surface area contributed by atoms with Crippen LogP contribution in [0.2, 0.25) is 0 Å². The van der Waals surface area contributed by atoms with E-state index in [-0.39, 0.29) is 11.7 Å². The van der Waals surface area contributed by atoms with Gasteiger partial charge in [-0.25, -0.2) is 0 Å². The highest BCUT2D eigenvalue weighted by Crippen LogP contribution is 2.30. The lowest BCUT2D eigenvalue weighted by Gasteiger charge is -2.20. The van der Waals surface area contributed by atoms with Crippen LogP contribution in [0.15, 0.2) is 29.4 Å². The summed E-state index contributed by atoms with van der Waals surface area (Å²) in [5, 5.41) is 12.4. The summed E-state index contributed by atoms with van der Waals surface area (Å²) in [5.74, 6) is 0.746. The second-order valence-electron chi connectivity index (χ2n) is 5.75. The maximum atomic E-state index is 9.06. The van der Waals surface area contributed by atoms with Crippen LogP contribution in [-0.2, 0) is 4.74 Å². The van der Waals surface area contributed by atoms with Gasteiger partial charge in [0.05, 0.1) is 17.4 Å². The molecule has 1 unspecified atom stereocenters. The highest BCUT2D eigenvalue weighted by atomic mass is 16.6. The van der Waals surface area contributed by atoms with Crippen LogP contribution in [0.4, 0.5) is 0 Å². The first-order chi connectivity index (χ1) is 9.55. The van der Waals surface area contributed by atoms with Crippen LogP contribution in [0.25, 0.3) is 0 Å². The van der Waals surface area contributed by atoms with Crippen LogP contribution in [0, 0.1) is 0 Å². The minimum absolute atomic E-state index is 0.0469. The number of hydrogen-bond donors (Lipinski definition) is 1. The molecule has 1 aliphatic heterocycles. The third kappa shape index (κ3) is 3.51. The molecule has 0 radical (unpaired) electrons. The molecule has 20 heavy (non-hydrogen) atoms. The van der Waals surface area contributed by atoms with Gasteiger partial charge in [-0.3, -0.25) is 0 Å². The Balaban J connectivity index is 2.03. The summed E-state index contributed by atoms with van der Waals surface area (Å²) in [6.07, 6.45) is 2.86. The van der Waals surface area contributed by atoms with Crippen LogP contribution in [0.3, 0.4) is 0 Å². The molecule has 0 bridgehead atoms. The van der Waals surface area contributed by atoms with Gasteiger partial charge in [0.15, 0.2) is 0 Å². The van der Waals surface area contributed by atoms with Gasteiger partial charge in [-0.2, -0.15) is 0 Å². The molecule has 4 nitrogen and oxygen atoms in total. The smallest absolute Gasteiger partial charge is 0.128 e. The van der Waals surface area contributed by atoms with Crippen molar-refractivity contribution in [2.45, 2.75) is 51.7 Å². The fourth-order valence-electron chi connectivity index (χ4n) is 2.52. The van der Waals surface area contributed by atoms with Gasteiger partial charge >= 0.3 is 0 Å². The first kappa shape index (κ1) is 14.9. The molecule has 0 aliphatic carbocycles. The SMILES string of the molecule is CC/C(=N/O)c1ccccc1OCC1CCC(C)(C)O1. The van der Waals surface area contributed by atoms with Crippen LogP contribution >= 0.6 is 0 Å². The van der Waals surface area contributed by atoms with E-state index in [0.717, 1.165) is 24.2 Å². The summed E-state index contributed by atoms with van der Waals surface area (Å²) >= 11 is 0. The Kier molecular flexibility index (Phi) is 4.65. The molecule has 1 aromatic rings. The molecule has 4 heteroatoms. The van der Waals surface area contributed by atoms with Gasteiger partial charge in [0.25, 0.3) is 0 Å². The minimum Gasteiger partial charge on any atom is -0.490 e. The molecular weight excluding hydrogens is 254 g/mol. The van der Waals surface area contributed by atoms with Crippen molar-refractivity contribution < 1.29 is 14.7 Å². The van der Waals surface area contributed by atoms with E-state index in [1.165, 1.54) is 0 Å². The normalized spacial score (nSPS) is 21.9. The van der Waals surface area contributed by atoms with E-state index < -0.39 is 0 Å². The average molecular weight is 277 g/mol. The van der Waals surface area contributed by atoms with Gasteiger partial charge in [-0.1, -0.05) is 24.2 Å². The van der Waals surface area contributed by atoms with Crippen LogP contribution < -0.4 is 4.74 Å². The fourth-order valence-corrected chi connectivity index (χ4v) is 2.52. The molecule has 1 N–H and O–H groups in total. The van der Waals surface area contributed by atoms with E-state index in [1.807, 2.05) is 31.2 Å². The Bertz CT molecular complexity index is 482. The maximum absolute atomic E-state index is 9.06. The lowest BCUT2D eigenvalue weighted by atomic mass is 10.1. The summed E-state index contributed by atoms with van der Waals surface area (Å²) in [7, 11) is 0.